The number of likely N-dealkylation sites (tertiary alicyclic amines) is 1. The van der Waals surface area contributed by atoms with Gasteiger partial charge in [0.25, 0.3) is 0 Å². The third-order valence-corrected chi connectivity index (χ3v) is 5.20. The summed E-state index contributed by atoms with van der Waals surface area (Å²) in [4.78, 5) is 26.6. The van der Waals surface area contributed by atoms with Crippen LogP contribution >= 0.6 is 0 Å². The summed E-state index contributed by atoms with van der Waals surface area (Å²) in [5, 5.41) is 6.10. The van der Waals surface area contributed by atoms with Crippen molar-refractivity contribution in [3.8, 4) is 0 Å². The lowest BCUT2D eigenvalue weighted by atomic mass is 9.79. The van der Waals surface area contributed by atoms with Gasteiger partial charge in [0.15, 0.2) is 0 Å². The van der Waals surface area contributed by atoms with Crippen molar-refractivity contribution < 1.29 is 9.59 Å². The molecule has 1 saturated carbocycles. The van der Waals surface area contributed by atoms with Gasteiger partial charge in [0, 0.05) is 25.6 Å². The maximum absolute atomic E-state index is 12.8. The van der Waals surface area contributed by atoms with Crippen LogP contribution in [0.15, 0.2) is 0 Å². The molecule has 1 aliphatic carbocycles. The molecular formula is C16H29N3O2. The second-order valence-corrected chi connectivity index (χ2v) is 6.48. The van der Waals surface area contributed by atoms with Crippen molar-refractivity contribution in [1.29, 1.82) is 0 Å². The van der Waals surface area contributed by atoms with Gasteiger partial charge < -0.3 is 15.5 Å². The van der Waals surface area contributed by atoms with E-state index in [1.807, 2.05) is 11.9 Å². The van der Waals surface area contributed by atoms with Gasteiger partial charge in [0.05, 0.1) is 0 Å². The third kappa shape index (κ3) is 3.76. The molecule has 21 heavy (non-hydrogen) atoms. The van der Waals surface area contributed by atoms with Crippen LogP contribution in [0.1, 0.15) is 57.8 Å². The van der Waals surface area contributed by atoms with Crippen LogP contribution in [-0.4, -0.2) is 48.9 Å². The molecule has 0 aromatic heterocycles. The summed E-state index contributed by atoms with van der Waals surface area (Å²) in [6, 6.07) is -0.270. The summed E-state index contributed by atoms with van der Waals surface area (Å²) >= 11 is 0. The quantitative estimate of drug-likeness (QED) is 0.825. The molecule has 5 nitrogen and oxygen atoms in total. The van der Waals surface area contributed by atoms with Crippen molar-refractivity contribution in [3.05, 3.63) is 0 Å². The van der Waals surface area contributed by atoms with Crippen LogP contribution in [0.3, 0.4) is 0 Å². The van der Waals surface area contributed by atoms with E-state index in [1.54, 1.807) is 7.05 Å². The average Bonchev–Trinajstić information content (AvgIpc) is 2.55. The monoisotopic (exact) mass is 295 g/mol. The molecule has 2 aliphatic rings. The van der Waals surface area contributed by atoms with E-state index in [9.17, 15) is 9.59 Å². The van der Waals surface area contributed by atoms with Gasteiger partial charge in [-0.05, 0) is 39.2 Å². The van der Waals surface area contributed by atoms with E-state index in [2.05, 4.69) is 10.6 Å². The van der Waals surface area contributed by atoms with Gasteiger partial charge in [0.1, 0.15) is 6.04 Å². The maximum Gasteiger partial charge on any atom is 0.242 e. The fourth-order valence-electron chi connectivity index (χ4n) is 3.80. The van der Waals surface area contributed by atoms with Crippen LogP contribution in [0.25, 0.3) is 0 Å². The molecule has 5 heteroatoms. The highest BCUT2D eigenvalue weighted by Gasteiger charge is 2.37. The summed E-state index contributed by atoms with van der Waals surface area (Å²) in [6.45, 7) is 0.719. The summed E-state index contributed by atoms with van der Waals surface area (Å²) in [5.74, 6) is 0.116. The zero-order valence-electron chi connectivity index (χ0n) is 13.4. The minimum atomic E-state index is -0.270. The lowest BCUT2D eigenvalue weighted by Crippen LogP contribution is -2.55. The van der Waals surface area contributed by atoms with Crippen LogP contribution in [-0.2, 0) is 9.59 Å². The van der Waals surface area contributed by atoms with E-state index in [0.29, 0.717) is 6.42 Å². The van der Waals surface area contributed by atoms with Gasteiger partial charge in [-0.3, -0.25) is 9.59 Å². The van der Waals surface area contributed by atoms with Crippen LogP contribution < -0.4 is 10.6 Å². The van der Waals surface area contributed by atoms with E-state index in [1.165, 1.54) is 19.3 Å². The number of likely N-dealkylation sites (N-methyl/N-ethyl adjacent to an activating group) is 1. The van der Waals surface area contributed by atoms with E-state index >= 15 is 0 Å². The first-order chi connectivity index (χ1) is 10.1. The predicted octanol–water partition coefficient (Wildman–Crippen LogP) is 1.43. The smallest absolute Gasteiger partial charge is 0.242 e. The Morgan fingerprint density at radius 3 is 2.43 bits per heavy atom. The highest BCUT2D eigenvalue weighted by atomic mass is 16.2. The van der Waals surface area contributed by atoms with E-state index in [4.69, 9.17) is 0 Å². The second kappa shape index (κ2) is 7.25. The van der Waals surface area contributed by atoms with Crippen LogP contribution in [0.2, 0.25) is 0 Å². The minimum absolute atomic E-state index is 0.0230. The molecule has 1 unspecified atom stereocenters. The molecule has 2 N–H and O–H groups in total. The fourth-order valence-corrected chi connectivity index (χ4v) is 3.80. The highest BCUT2D eigenvalue weighted by Crippen LogP contribution is 2.32. The SMILES string of the molecule is CNC(=O)C1CCCCN1C(=O)CC1(NC)CCCCC1. The molecule has 0 aromatic carbocycles. The molecule has 1 atom stereocenters. The molecule has 120 valence electrons. The summed E-state index contributed by atoms with van der Waals surface area (Å²) in [5.41, 5.74) is -0.0555. The first kappa shape index (κ1) is 16.3. The van der Waals surface area contributed by atoms with Gasteiger partial charge in [-0.1, -0.05) is 19.3 Å². The molecule has 1 aliphatic heterocycles. The first-order valence-corrected chi connectivity index (χ1v) is 8.32. The number of hydrogen-bond acceptors (Lipinski definition) is 3. The van der Waals surface area contributed by atoms with E-state index in [0.717, 1.165) is 38.6 Å². The largest absolute Gasteiger partial charge is 0.357 e. The topological polar surface area (TPSA) is 61.4 Å². The fraction of sp³-hybridized carbons (Fsp3) is 0.875. The van der Waals surface area contributed by atoms with Crippen molar-refractivity contribution in [3.63, 3.8) is 0 Å². The van der Waals surface area contributed by atoms with Gasteiger partial charge in [-0.15, -0.1) is 0 Å². The zero-order valence-corrected chi connectivity index (χ0v) is 13.4. The molecule has 0 bridgehead atoms. The number of carbonyl (C=O) groups excluding carboxylic acids is 2. The third-order valence-electron chi connectivity index (χ3n) is 5.20. The number of piperidine rings is 1. The maximum atomic E-state index is 12.8. The Labute approximate surface area is 127 Å². The lowest BCUT2D eigenvalue weighted by molar-refractivity contribution is -0.143. The Kier molecular flexibility index (Phi) is 5.62. The van der Waals surface area contributed by atoms with Crippen molar-refractivity contribution >= 4 is 11.8 Å². The van der Waals surface area contributed by atoms with Gasteiger partial charge in [0.2, 0.25) is 11.8 Å². The van der Waals surface area contributed by atoms with Crippen molar-refractivity contribution in [2.75, 3.05) is 20.6 Å². The van der Waals surface area contributed by atoms with Crippen LogP contribution in [0, 0.1) is 0 Å². The molecule has 2 amide bonds. The molecule has 1 saturated heterocycles. The summed E-state index contributed by atoms with van der Waals surface area (Å²) in [6.07, 6.45) is 9.11. The van der Waals surface area contributed by atoms with Crippen molar-refractivity contribution in [2.24, 2.45) is 0 Å². The number of amides is 2. The van der Waals surface area contributed by atoms with Crippen LogP contribution in [0.4, 0.5) is 0 Å². The molecule has 0 spiro atoms. The Morgan fingerprint density at radius 1 is 1.10 bits per heavy atom. The number of nitrogens with one attached hydrogen (secondary N) is 2. The van der Waals surface area contributed by atoms with Gasteiger partial charge >= 0.3 is 0 Å². The van der Waals surface area contributed by atoms with E-state index < -0.39 is 0 Å². The number of hydrogen-bond donors (Lipinski definition) is 2. The summed E-state index contributed by atoms with van der Waals surface area (Å²) in [7, 11) is 3.61. The Morgan fingerprint density at radius 2 is 1.81 bits per heavy atom. The summed E-state index contributed by atoms with van der Waals surface area (Å²) < 4.78 is 0. The van der Waals surface area contributed by atoms with Crippen molar-refractivity contribution in [2.45, 2.75) is 69.4 Å². The second-order valence-electron chi connectivity index (χ2n) is 6.48. The van der Waals surface area contributed by atoms with Gasteiger partial charge in [-0.25, -0.2) is 0 Å². The molecule has 2 rings (SSSR count). The predicted molar refractivity (Wildman–Crippen MR) is 82.9 cm³/mol. The lowest BCUT2D eigenvalue weighted by Gasteiger charge is -2.40. The molecule has 0 aromatic rings. The number of carbonyl (C=O) groups is 2. The normalized spacial score (nSPS) is 25.4. The van der Waals surface area contributed by atoms with Crippen LogP contribution in [0.5, 0.6) is 0 Å². The first-order valence-electron chi connectivity index (χ1n) is 8.32. The minimum Gasteiger partial charge on any atom is -0.357 e. The van der Waals surface area contributed by atoms with Crippen molar-refractivity contribution in [1.82, 2.24) is 15.5 Å². The molecule has 2 fully saturated rings. The molecule has 0 radical (unpaired) electrons. The Balaban J connectivity index is 2.04. The number of nitrogens with zero attached hydrogens (tertiary/aromatic N) is 1. The standard InChI is InChI=1S/C16H29N3O2/c1-17-15(21)13-8-4-7-11-19(13)14(20)12-16(18-2)9-5-3-6-10-16/h13,18H,3-12H2,1-2H3,(H,17,21). The Hall–Kier alpha value is -1.10. The zero-order chi connectivity index (χ0) is 15.3. The number of rotatable bonds is 4. The van der Waals surface area contributed by atoms with E-state index in [-0.39, 0.29) is 23.4 Å². The highest BCUT2D eigenvalue weighted by molar-refractivity contribution is 5.88. The molecular weight excluding hydrogens is 266 g/mol. The Bertz CT molecular complexity index is 378. The molecule has 1 heterocycles. The van der Waals surface area contributed by atoms with Gasteiger partial charge in [-0.2, -0.15) is 0 Å². The average molecular weight is 295 g/mol.